The maximum Gasteiger partial charge on any atom is 0.261 e. The van der Waals surface area contributed by atoms with Crippen LogP contribution in [0.2, 0.25) is 0 Å². The summed E-state index contributed by atoms with van der Waals surface area (Å²) in [5.74, 6) is -0.630. The number of rotatable bonds is 10. The molecule has 0 bridgehead atoms. The van der Waals surface area contributed by atoms with E-state index < -0.39 is 12.2 Å². The van der Waals surface area contributed by atoms with Gasteiger partial charge >= 0.3 is 0 Å². The lowest BCUT2D eigenvalue weighted by atomic mass is 10.1. The molecular weight excluding hydrogens is 402 g/mol. The largest absolute Gasteiger partial charge is 0.369 e. The second kappa shape index (κ2) is 10.2. The molecule has 3 aromatic carbocycles. The Balaban J connectivity index is 1.52. The van der Waals surface area contributed by atoms with E-state index in [1.54, 1.807) is 30.3 Å². The fraction of sp³-hybridized carbons (Fsp3) is 0.185. The Labute approximate surface area is 187 Å². The highest BCUT2D eigenvalue weighted by atomic mass is 16.5. The normalized spacial score (nSPS) is 14.8. The summed E-state index contributed by atoms with van der Waals surface area (Å²) in [7, 11) is 0. The van der Waals surface area contributed by atoms with Gasteiger partial charge in [-0.3, -0.25) is 14.5 Å². The number of hydrogen-bond donors (Lipinski definition) is 0. The molecule has 0 N–H and O–H groups in total. The molecule has 0 aliphatic carbocycles. The Morgan fingerprint density at radius 2 is 1.19 bits per heavy atom. The first-order valence-corrected chi connectivity index (χ1v) is 10.6. The average molecular weight is 428 g/mol. The number of amides is 2. The van der Waals surface area contributed by atoms with E-state index in [9.17, 15) is 9.59 Å². The maximum atomic E-state index is 12.9. The smallest absolute Gasteiger partial charge is 0.261 e. The number of nitrogens with zero attached hydrogens (tertiary/aromatic N) is 1. The highest BCUT2D eigenvalue weighted by Crippen LogP contribution is 2.24. The van der Waals surface area contributed by atoms with Crippen molar-refractivity contribution >= 4 is 11.8 Å². The van der Waals surface area contributed by atoms with Crippen molar-refractivity contribution in [1.82, 2.24) is 4.90 Å². The molecule has 0 unspecified atom stereocenters. The van der Waals surface area contributed by atoms with Gasteiger partial charge in [-0.1, -0.05) is 78.9 Å². The van der Waals surface area contributed by atoms with Crippen LogP contribution in [0.15, 0.2) is 97.6 Å². The van der Waals surface area contributed by atoms with Crippen LogP contribution in [0.1, 0.15) is 31.8 Å². The van der Waals surface area contributed by atoms with Gasteiger partial charge in [0.1, 0.15) is 12.2 Å². The minimum Gasteiger partial charge on any atom is -0.369 e. The zero-order valence-corrected chi connectivity index (χ0v) is 17.7. The van der Waals surface area contributed by atoms with Crippen molar-refractivity contribution in [3.63, 3.8) is 0 Å². The van der Waals surface area contributed by atoms with E-state index in [2.05, 4.69) is 6.58 Å². The second-order valence-electron chi connectivity index (χ2n) is 7.60. The Bertz CT molecular complexity index is 1050. The van der Waals surface area contributed by atoms with Gasteiger partial charge in [0.2, 0.25) is 0 Å². The molecule has 0 spiro atoms. The zero-order valence-electron chi connectivity index (χ0n) is 17.7. The molecule has 1 aliphatic rings. The first-order valence-electron chi connectivity index (χ1n) is 10.6. The molecule has 32 heavy (non-hydrogen) atoms. The van der Waals surface area contributed by atoms with Gasteiger partial charge in [-0.25, -0.2) is 0 Å². The van der Waals surface area contributed by atoms with Crippen molar-refractivity contribution in [1.29, 1.82) is 0 Å². The van der Waals surface area contributed by atoms with Gasteiger partial charge in [-0.2, -0.15) is 0 Å². The fourth-order valence-electron chi connectivity index (χ4n) is 3.71. The molecule has 0 aromatic heterocycles. The lowest BCUT2D eigenvalue weighted by molar-refractivity contribution is -0.0706. The van der Waals surface area contributed by atoms with Crippen LogP contribution in [0, 0.1) is 0 Å². The Hall–Kier alpha value is -3.54. The topological polar surface area (TPSA) is 55.8 Å². The highest BCUT2D eigenvalue weighted by molar-refractivity contribution is 6.21. The molecule has 2 atom stereocenters. The van der Waals surface area contributed by atoms with Crippen molar-refractivity contribution < 1.29 is 19.1 Å². The van der Waals surface area contributed by atoms with Crippen LogP contribution < -0.4 is 0 Å². The lowest BCUT2D eigenvalue weighted by Crippen LogP contribution is -2.43. The number of imide groups is 1. The number of hydrogen-bond acceptors (Lipinski definition) is 4. The van der Waals surface area contributed by atoms with Gasteiger partial charge in [0, 0.05) is 0 Å². The van der Waals surface area contributed by atoms with Crippen molar-refractivity contribution in [3.8, 4) is 0 Å². The summed E-state index contributed by atoms with van der Waals surface area (Å²) < 4.78 is 12.3. The van der Waals surface area contributed by atoms with E-state index in [0.29, 0.717) is 24.3 Å². The van der Waals surface area contributed by atoms with Crippen LogP contribution >= 0.6 is 0 Å². The molecule has 0 saturated heterocycles. The monoisotopic (exact) mass is 427 g/mol. The van der Waals surface area contributed by atoms with E-state index in [0.717, 1.165) is 11.1 Å². The summed E-state index contributed by atoms with van der Waals surface area (Å²) in [4.78, 5) is 27.0. The van der Waals surface area contributed by atoms with Crippen LogP contribution in [0.25, 0.3) is 0 Å². The first-order chi connectivity index (χ1) is 15.7. The molecule has 1 heterocycles. The lowest BCUT2D eigenvalue weighted by Gasteiger charge is -2.28. The molecule has 0 radical (unpaired) electrons. The van der Waals surface area contributed by atoms with Gasteiger partial charge in [0.05, 0.1) is 30.9 Å². The second-order valence-corrected chi connectivity index (χ2v) is 7.60. The van der Waals surface area contributed by atoms with E-state index in [1.807, 2.05) is 60.7 Å². The van der Waals surface area contributed by atoms with Crippen molar-refractivity contribution in [2.45, 2.75) is 25.4 Å². The minimum absolute atomic E-state index is 0.0741. The summed E-state index contributed by atoms with van der Waals surface area (Å²) in [5, 5.41) is 0. The predicted octanol–water partition coefficient (Wildman–Crippen LogP) is 4.64. The maximum absolute atomic E-state index is 12.9. The predicted molar refractivity (Wildman–Crippen MR) is 122 cm³/mol. The Kier molecular flexibility index (Phi) is 6.90. The van der Waals surface area contributed by atoms with Crippen LogP contribution in [0.3, 0.4) is 0 Å². The summed E-state index contributed by atoms with van der Waals surface area (Å²) in [6.07, 6.45) is 0.582. The summed E-state index contributed by atoms with van der Waals surface area (Å²) >= 11 is 0. The van der Waals surface area contributed by atoms with E-state index in [-0.39, 0.29) is 18.4 Å². The number of carbonyl (C=O) groups is 2. The van der Waals surface area contributed by atoms with Crippen LogP contribution in [0.4, 0.5) is 0 Å². The highest BCUT2D eigenvalue weighted by Gasteiger charge is 2.38. The SMILES string of the molecule is C=C[C@@H](OCc1ccccc1)[C@H](CN1C(=O)c2ccccc2C1=O)OCc1ccccc1. The number of benzene rings is 3. The molecule has 2 amide bonds. The summed E-state index contributed by atoms with van der Waals surface area (Å²) in [6, 6.07) is 26.4. The van der Waals surface area contributed by atoms with Crippen molar-refractivity contribution in [2.75, 3.05) is 6.54 Å². The van der Waals surface area contributed by atoms with Crippen LogP contribution in [-0.2, 0) is 22.7 Å². The summed E-state index contributed by atoms with van der Waals surface area (Å²) in [5.41, 5.74) is 2.84. The third-order valence-electron chi connectivity index (χ3n) is 5.43. The van der Waals surface area contributed by atoms with E-state index in [4.69, 9.17) is 9.47 Å². The van der Waals surface area contributed by atoms with Crippen LogP contribution in [0.5, 0.6) is 0 Å². The quantitative estimate of drug-likeness (QED) is 0.349. The molecule has 3 aromatic rings. The fourth-order valence-corrected chi connectivity index (χ4v) is 3.71. The van der Waals surface area contributed by atoms with Gasteiger partial charge < -0.3 is 9.47 Å². The summed E-state index contributed by atoms with van der Waals surface area (Å²) in [6.45, 7) is 4.68. The molecule has 4 rings (SSSR count). The average Bonchev–Trinajstić information content (AvgIpc) is 3.09. The molecule has 1 aliphatic heterocycles. The molecule has 5 nitrogen and oxygen atoms in total. The zero-order chi connectivity index (χ0) is 22.3. The third-order valence-corrected chi connectivity index (χ3v) is 5.43. The van der Waals surface area contributed by atoms with Crippen molar-refractivity contribution in [3.05, 3.63) is 120 Å². The van der Waals surface area contributed by atoms with E-state index in [1.165, 1.54) is 4.90 Å². The van der Waals surface area contributed by atoms with Gasteiger partial charge in [0.15, 0.2) is 0 Å². The molecule has 162 valence electrons. The Morgan fingerprint density at radius 3 is 1.69 bits per heavy atom. The first kappa shape index (κ1) is 21.7. The molecule has 0 fully saturated rings. The molecule has 5 heteroatoms. The molecular formula is C27H25NO4. The van der Waals surface area contributed by atoms with Gasteiger partial charge in [0.25, 0.3) is 11.8 Å². The van der Waals surface area contributed by atoms with E-state index >= 15 is 0 Å². The third kappa shape index (κ3) is 4.85. The number of carbonyl (C=O) groups excluding carboxylic acids is 2. The minimum atomic E-state index is -0.571. The van der Waals surface area contributed by atoms with Gasteiger partial charge in [-0.05, 0) is 23.3 Å². The van der Waals surface area contributed by atoms with Gasteiger partial charge in [-0.15, -0.1) is 6.58 Å². The van der Waals surface area contributed by atoms with Crippen LogP contribution in [-0.4, -0.2) is 35.5 Å². The number of ether oxygens (including phenoxy) is 2. The standard InChI is InChI=1S/C27H25NO4/c1-2-24(31-18-20-11-5-3-6-12-20)25(32-19-21-13-7-4-8-14-21)17-28-26(29)22-15-9-10-16-23(22)27(28)30/h2-16,24-25H,1,17-19H2/t24-,25+/m1/s1. The number of fused-ring (bicyclic) bond motifs is 1. The molecule has 0 saturated carbocycles. The Morgan fingerprint density at radius 1 is 0.719 bits per heavy atom. The van der Waals surface area contributed by atoms with Crippen molar-refractivity contribution in [2.24, 2.45) is 0 Å².